The molecule has 7 nitrogen and oxygen atoms in total. The number of rotatable bonds is 12. The second kappa shape index (κ2) is 19.9. The van der Waals surface area contributed by atoms with Gasteiger partial charge in [0.15, 0.2) is 16.6 Å². The Bertz CT molecular complexity index is 1200. The summed E-state index contributed by atoms with van der Waals surface area (Å²) < 4.78 is 20.6. The molecule has 0 saturated carbocycles. The number of hydrogen-bond donors (Lipinski definition) is 1. The van der Waals surface area contributed by atoms with E-state index in [4.69, 9.17) is 13.6 Å². The normalized spacial score (nSPS) is 28.8. The van der Waals surface area contributed by atoms with Crippen molar-refractivity contribution in [1.29, 1.82) is 0 Å². The summed E-state index contributed by atoms with van der Waals surface area (Å²) in [4.78, 5) is 33.2. The van der Waals surface area contributed by atoms with Crippen LogP contribution in [-0.4, -0.2) is 67.7 Å². The number of ketones is 1. The number of ether oxygens (including phenoxy) is 1. The van der Waals surface area contributed by atoms with E-state index in [0.29, 0.717) is 12.8 Å². The van der Waals surface area contributed by atoms with E-state index in [1.165, 1.54) is 0 Å². The molecule has 1 fully saturated rings. The maximum atomic E-state index is 14.9. The zero-order valence-corrected chi connectivity index (χ0v) is 37.1. The van der Waals surface area contributed by atoms with Crippen molar-refractivity contribution in [2.45, 2.75) is 181 Å². The molecule has 1 aliphatic heterocycles. The van der Waals surface area contributed by atoms with Crippen LogP contribution in [0.1, 0.15) is 119 Å². The van der Waals surface area contributed by atoms with E-state index >= 15 is 0 Å². The zero-order chi connectivity index (χ0) is 37.2. The Morgan fingerprint density at radius 2 is 1.57 bits per heavy atom. The van der Waals surface area contributed by atoms with Gasteiger partial charge >= 0.3 is 5.97 Å². The Hall–Kier alpha value is -0.696. The number of alkyl halides is 1. The maximum absolute atomic E-state index is 14.9. The molecule has 1 N–H and O–H groups in total. The molecule has 0 radical (unpaired) electrons. The third-order valence-electron chi connectivity index (χ3n) is 11.7. The fourth-order valence-electron chi connectivity index (χ4n) is 7.45. The fraction of sp³-hybridized carbons (Fsp3) is 0.816. The van der Waals surface area contributed by atoms with Gasteiger partial charge < -0.3 is 18.7 Å². The van der Waals surface area contributed by atoms with E-state index in [2.05, 4.69) is 69.4 Å². The molecule has 7 atom stereocenters. The number of aryl methyl sites for hydroxylation is 1. The minimum absolute atomic E-state index is 0.0199. The van der Waals surface area contributed by atoms with Gasteiger partial charge in [-0.3, -0.25) is 9.59 Å². The van der Waals surface area contributed by atoms with Crippen LogP contribution in [-0.2, 0) is 23.2 Å². The van der Waals surface area contributed by atoms with Gasteiger partial charge in [0, 0.05) is 28.0 Å². The van der Waals surface area contributed by atoms with Crippen molar-refractivity contribution < 1.29 is 28.3 Å². The molecule has 1 aromatic rings. The van der Waals surface area contributed by atoms with Crippen molar-refractivity contribution in [2.75, 3.05) is 0 Å². The number of cyclic esters (lactones) is 1. The Labute approximate surface area is 313 Å². The predicted octanol–water partition coefficient (Wildman–Crippen LogP) is 10.5. The van der Waals surface area contributed by atoms with Crippen molar-refractivity contribution in [3.05, 3.63) is 21.7 Å². The Kier molecular flexibility index (Phi) is 18.1. The van der Waals surface area contributed by atoms with E-state index in [-0.39, 0.29) is 35.0 Å². The van der Waals surface area contributed by atoms with Crippen molar-refractivity contribution in [1.82, 2.24) is 4.98 Å². The van der Waals surface area contributed by atoms with Gasteiger partial charge in [-0.25, -0.2) is 4.98 Å². The molecule has 0 bridgehead atoms. The van der Waals surface area contributed by atoms with Crippen LogP contribution in [0, 0.1) is 24.2 Å². The summed E-state index contributed by atoms with van der Waals surface area (Å²) in [6, 6.07) is 5.74. The van der Waals surface area contributed by atoms with Crippen LogP contribution in [0.5, 0.6) is 0 Å². The van der Waals surface area contributed by atoms with Gasteiger partial charge in [0.05, 0.1) is 35.4 Å². The van der Waals surface area contributed by atoms with Crippen LogP contribution in [0.2, 0.25) is 36.3 Å². The van der Waals surface area contributed by atoms with E-state index in [0.717, 1.165) is 65.4 Å². The van der Waals surface area contributed by atoms with Gasteiger partial charge in [-0.15, -0.1) is 11.3 Å². The molecule has 0 amide bonds. The summed E-state index contributed by atoms with van der Waals surface area (Å²) in [5, 5.41) is 14.3. The topological polar surface area (TPSA) is 95.0 Å². The van der Waals surface area contributed by atoms with Gasteiger partial charge in [-0.2, -0.15) is 0 Å². The number of esters is 1. The fourth-order valence-corrected chi connectivity index (χ4v) is 14.6. The predicted molar refractivity (Wildman–Crippen MR) is 213 cm³/mol. The number of halogens is 1. The molecule has 2 heterocycles. The molecule has 282 valence electrons. The van der Waals surface area contributed by atoms with Crippen LogP contribution >= 0.6 is 27.3 Å². The minimum atomic E-state index is -2.24. The highest BCUT2D eigenvalue weighted by molar-refractivity contribution is 9.09. The summed E-state index contributed by atoms with van der Waals surface area (Å²) in [6.07, 6.45) is 2.54. The molecule has 1 aliphatic rings. The summed E-state index contributed by atoms with van der Waals surface area (Å²) in [5.41, 5.74) is 0.741. The van der Waals surface area contributed by atoms with Crippen LogP contribution in [0.3, 0.4) is 0 Å². The Morgan fingerprint density at radius 1 is 1.02 bits per heavy atom. The SMILES string of the molecule is CC[Si](CC)(CC)O[C@@H]1[C@@H](C)CCC[C@@H](O)[C@H](Br)CC(/C(C)=C/c2csc(C)n2)OC(=O)C[C@@H](O[Si](CC)(CC)CC)C(C)(C)C(=O)[C@@H]1C. The van der Waals surface area contributed by atoms with E-state index in [1.54, 1.807) is 11.3 Å². The molecule has 1 aromatic heterocycles. The summed E-state index contributed by atoms with van der Waals surface area (Å²) in [7, 11) is -4.29. The first kappa shape index (κ1) is 44.5. The molecule has 11 heteroatoms. The molecule has 0 spiro atoms. The first-order chi connectivity index (χ1) is 23.0. The van der Waals surface area contributed by atoms with Gasteiger partial charge in [0.25, 0.3) is 0 Å². The van der Waals surface area contributed by atoms with Crippen molar-refractivity contribution in [2.24, 2.45) is 17.3 Å². The zero-order valence-electron chi connectivity index (χ0n) is 32.7. The van der Waals surface area contributed by atoms with Gasteiger partial charge in [0.1, 0.15) is 11.9 Å². The van der Waals surface area contributed by atoms with Gasteiger partial charge in [-0.05, 0) is 80.5 Å². The number of hydrogen-bond acceptors (Lipinski definition) is 8. The second-order valence-electron chi connectivity index (χ2n) is 15.1. The molecule has 1 unspecified atom stereocenters. The maximum Gasteiger partial charge on any atom is 0.309 e. The highest BCUT2D eigenvalue weighted by Crippen LogP contribution is 2.40. The van der Waals surface area contributed by atoms with Gasteiger partial charge in [-0.1, -0.05) is 91.6 Å². The molecule has 2 rings (SSSR count). The number of carbonyl (C=O) groups excluding carboxylic acids is 2. The quantitative estimate of drug-likeness (QED) is 0.128. The van der Waals surface area contributed by atoms with Crippen molar-refractivity contribution in [3.8, 4) is 0 Å². The highest BCUT2D eigenvalue weighted by Gasteiger charge is 2.48. The second-order valence-corrected chi connectivity index (χ2v) is 26.8. The smallest absolute Gasteiger partial charge is 0.309 e. The molecule has 0 aliphatic carbocycles. The number of nitrogens with zero attached hydrogens (tertiary/aromatic N) is 1. The van der Waals surface area contributed by atoms with E-state index in [1.807, 2.05) is 46.1 Å². The number of Topliss-reactive ketones (excluding diaryl/α,β-unsaturated/α-hetero) is 1. The first-order valence-electron chi connectivity index (χ1n) is 19.0. The third-order valence-corrected chi connectivity index (χ3v) is 22.8. The van der Waals surface area contributed by atoms with Crippen LogP contribution in [0.15, 0.2) is 11.0 Å². The molecule has 49 heavy (non-hydrogen) atoms. The molecular formula is C38H68BrNO6SSi2. The lowest BCUT2D eigenvalue weighted by molar-refractivity contribution is -0.153. The standard InChI is InChI=1S/C38H68BrNO6SSi2/c1-13-48(14-2,15-3)45-34-24-35(42)44-33(27(8)22-30-25-47-29(10)40-30)23-31(39)32(41)21-19-20-26(7)36(28(9)37(43)38(34,11)12)46-49(16-4,17-5)18-6/h22,25-26,28,31-34,36,41H,13-21,23-24H2,1-12H3/b27-22+/t26-,28+,31+,32+,33?,34+,36+/m0/s1. The first-order valence-corrected chi connectivity index (χ1v) is 25.8. The number of aliphatic hydroxyl groups excluding tert-OH is 1. The van der Waals surface area contributed by atoms with E-state index in [9.17, 15) is 14.7 Å². The van der Waals surface area contributed by atoms with E-state index < -0.39 is 46.3 Å². The average molecular weight is 803 g/mol. The van der Waals surface area contributed by atoms with Gasteiger partial charge in [0.2, 0.25) is 0 Å². The Morgan fingerprint density at radius 3 is 2.08 bits per heavy atom. The lowest BCUT2D eigenvalue weighted by Crippen LogP contribution is -2.53. The minimum Gasteiger partial charge on any atom is -0.458 e. The lowest BCUT2D eigenvalue weighted by atomic mass is 9.73. The third kappa shape index (κ3) is 11.9. The summed E-state index contributed by atoms with van der Waals surface area (Å²) >= 11 is 5.35. The largest absolute Gasteiger partial charge is 0.458 e. The highest BCUT2D eigenvalue weighted by atomic mass is 79.9. The number of aliphatic hydroxyl groups is 1. The molecule has 0 aromatic carbocycles. The average Bonchev–Trinajstić information content (AvgIpc) is 3.49. The monoisotopic (exact) mass is 801 g/mol. The summed E-state index contributed by atoms with van der Waals surface area (Å²) in [5.74, 6) is -0.572. The van der Waals surface area contributed by atoms with Crippen molar-refractivity contribution in [3.63, 3.8) is 0 Å². The van der Waals surface area contributed by atoms with Crippen LogP contribution < -0.4 is 0 Å². The Balaban J connectivity index is 2.66. The molecule has 1 saturated heterocycles. The molecular weight excluding hydrogens is 735 g/mol. The van der Waals surface area contributed by atoms with Crippen LogP contribution in [0.4, 0.5) is 0 Å². The lowest BCUT2D eigenvalue weighted by Gasteiger charge is -2.44. The number of carbonyl (C=O) groups is 2. The van der Waals surface area contributed by atoms with Crippen molar-refractivity contribution >= 4 is 61.7 Å². The number of aromatic nitrogens is 1. The summed E-state index contributed by atoms with van der Waals surface area (Å²) in [6.45, 7) is 25.3. The number of thiazole rings is 1. The van der Waals surface area contributed by atoms with Crippen LogP contribution in [0.25, 0.3) is 6.08 Å².